The number of halogens is 2. The highest BCUT2D eigenvalue weighted by Gasteiger charge is 2.29. The smallest absolute Gasteiger partial charge is 0.246 e. The molecule has 2 aliphatic heterocycles. The van der Waals surface area contributed by atoms with Crippen molar-refractivity contribution >= 4 is 41.1 Å². The van der Waals surface area contributed by atoms with Crippen molar-refractivity contribution in [1.29, 1.82) is 0 Å². The first kappa shape index (κ1) is 25.0. The summed E-state index contributed by atoms with van der Waals surface area (Å²) in [5.74, 6) is -0.248. The zero-order valence-corrected chi connectivity index (χ0v) is 19.8. The predicted octanol–water partition coefficient (Wildman–Crippen LogP) is 2.27. The normalized spacial score (nSPS) is 24.1. The van der Waals surface area contributed by atoms with Crippen molar-refractivity contribution in [2.45, 2.75) is 44.4 Å². The first-order valence-corrected chi connectivity index (χ1v) is 11.8. The lowest BCUT2D eigenvalue weighted by Gasteiger charge is -2.38. The molecule has 3 atom stereocenters. The van der Waals surface area contributed by atoms with Gasteiger partial charge in [-0.15, -0.1) is 0 Å². The summed E-state index contributed by atoms with van der Waals surface area (Å²) in [7, 11) is 0. The summed E-state index contributed by atoms with van der Waals surface area (Å²) in [6, 6.07) is 5.13. The van der Waals surface area contributed by atoms with Gasteiger partial charge in [-0.05, 0) is 50.1 Å². The van der Waals surface area contributed by atoms with Crippen LogP contribution in [0.3, 0.4) is 0 Å². The Morgan fingerprint density at radius 2 is 1.97 bits per heavy atom. The Labute approximate surface area is 199 Å². The topological polar surface area (TPSA) is 84.3 Å². The van der Waals surface area contributed by atoms with Crippen LogP contribution in [0, 0.1) is 0 Å². The summed E-state index contributed by atoms with van der Waals surface area (Å²) < 4.78 is 0. The zero-order chi connectivity index (χ0) is 23.3. The van der Waals surface area contributed by atoms with Gasteiger partial charge in [0, 0.05) is 51.3 Å². The quantitative estimate of drug-likeness (QED) is 0.606. The Morgan fingerprint density at radius 1 is 1.19 bits per heavy atom. The van der Waals surface area contributed by atoms with Gasteiger partial charge in [0.25, 0.3) is 0 Å². The fourth-order valence-electron chi connectivity index (χ4n) is 4.20. The van der Waals surface area contributed by atoms with Crippen molar-refractivity contribution in [3.05, 3.63) is 39.9 Å². The van der Waals surface area contributed by atoms with Crippen molar-refractivity contribution in [2.24, 2.45) is 0 Å². The monoisotopic (exact) mass is 483 g/mol. The molecule has 0 aromatic heterocycles. The summed E-state index contributed by atoms with van der Waals surface area (Å²) in [5, 5.41) is 21.5. The Hall–Kier alpha value is -1.64. The van der Waals surface area contributed by atoms with Crippen LogP contribution in [0.4, 0.5) is 0 Å². The second kappa shape index (κ2) is 11.5. The van der Waals surface area contributed by atoms with Crippen molar-refractivity contribution < 1.29 is 19.8 Å². The zero-order valence-electron chi connectivity index (χ0n) is 18.3. The molecule has 3 rings (SSSR count). The van der Waals surface area contributed by atoms with Crippen LogP contribution in [-0.2, 0) is 9.59 Å². The van der Waals surface area contributed by atoms with Crippen LogP contribution in [0.2, 0.25) is 10.0 Å². The molecule has 2 N–H and O–H groups in total. The molecule has 32 heavy (non-hydrogen) atoms. The van der Waals surface area contributed by atoms with Crippen LogP contribution in [0.15, 0.2) is 24.3 Å². The number of aliphatic hydroxyl groups is 2. The molecule has 2 fully saturated rings. The number of carbonyl (C=O) groups is 2. The van der Waals surface area contributed by atoms with Crippen molar-refractivity contribution in [2.75, 3.05) is 39.3 Å². The number of amides is 2. The van der Waals surface area contributed by atoms with Gasteiger partial charge in [0.1, 0.15) is 0 Å². The van der Waals surface area contributed by atoms with Gasteiger partial charge in [0.05, 0.1) is 22.3 Å². The van der Waals surface area contributed by atoms with Gasteiger partial charge in [0.15, 0.2) is 0 Å². The van der Waals surface area contributed by atoms with E-state index in [1.807, 2.05) is 6.92 Å². The minimum absolute atomic E-state index is 0.00587. The Morgan fingerprint density at radius 3 is 2.72 bits per heavy atom. The molecule has 2 heterocycles. The lowest BCUT2D eigenvalue weighted by Crippen LogP contribution is -2.51. The van der Waals surface area contributed by atoms with Gasteiger partial charge in [0.2, 0.25) is 11.8 Å². The van der Waals surface area contributed by atoms with Gasteiger partial charge in [-0.1, -0.05) is 29.3 Å². The fraction of sp³-hybridized carbons (Fsp3) is 0.565. The van der Waals surface area contributed by atoms with E-state index in [0.29, 0.717) is 36.2 Å². The van der Waals surface area contributed by atoms with E-state index >= 15 is 0 Å². The Balaban J connectivity index is 1.52. The molecule has 0 bridgehead atoms. The third-order valence-corrected chi connectivity index (χ3v) is 6.96. The SMILES string of the molecule is C[C@H]1[C@H](O)CCCN1CC(O)CN1CCN(C(=O)/C=C/c2ccc(Cl)c(Cl)c2)CCC1=O. The van der Waals surface area contributed by atoms with E-state index < -0.39 is 6.10 Å². The third kappa shape index (κ3) is 6.68. The molecule has 2 saturated heterocycles. The summed E-state index contributed by atoms with van der Waals surface area (Å²) >= 11 is 11.9. The maximum Gasteiger partial charge on any atom is 0.246 e. The fourth-order valence-corrected chi connectivity index (χ4v) is 4.51. The molecule has 1 aromatic carbocycles. The number of hydrogen-bond donors (Lipinski definition) is 2. The average molecular weight is 484 g/mol. The Kier molecular flexibility index (Phi) is 8.96. The van der Waals surface area contributed by atoms with Crippen LogP contribution in [-0.4, -0.2) is 94.2 Å². The predicted molar refractivity (Wildman–Crippen MR) is 126 cm³/mol. The molecule has 2 amide bonds. The number of rotatable bonds is 6. The van der Waals surface area contributed by atoms with Crippen LogP contribution >= 0.6 is 23.2 Å². The first-order chi connectivity index (χ1) is 15.2. The van der Waals surface area contributed by atoms with Gasteiger partial charge in [-0.3, -0.25) is 14.5 Å². The van der Waals surface area contributed by atoms with Crippen molar-refractivity contribution in [3.63, 3.8) is 0 Å². The van der Waals surface area contributed by atoms with Crippen molar-refractivity contribution in [1.82, 2.24) is 14.7 Å². The maximum absolute atomic E-state index is 12.6. The van der Waals surface area contributed by atoms with E-state index in [2.05, 4.69) is 4.90 Å². The summed E-state index contributed by atoms with van der Waals surface area (Å²) in [6.07, 6.45) is 3.95. The van der Waals surface area contributed by atoms with Gasteiger partial charge in [-0.2, -0.15) is 0 Å². The number of nitrogens with zero attached hydrogens (tertiary/aromatic N) is 3. The molecule has 2 aliphatic rings. The number of piperidine rings is 1. The lowest BCUT2D eigenvalue weighted by molar-refractivity contribution is -0.132. The van der Waals surface area contributed by atoms with Crippen LogP contribution in [0.1, 0.15) is 31.7 Å². The number of β-amino-alcohol motifs (C(OH)–C–C–N with tert-alkyl or cyclic N) is 1. The second-order valence-electron chi connectivity index (χ2n) is 8.52. The maximum atomic E-state index is 12.6. The number of benzene rings is 1. The average Bonchev–Trinajstić information content (AvgIpc) is 2.94. The highest BCUT2D eigenvalue weighted by molar-refractivity contribution is 6.42. The third-order valence-electron chi connectivity index (χ3n) is 6.22. The lowest BCUT2D eigenvalue weighted by atomic mass is 10.00. The molecule has 7 nitrogen and oxygen atoms in total. The molecule has 0 radical (unpaired) electrons. The van der Waals surface area contributed by atoms with Crippen LogP contribution < -0.4 is 0 Å². The second-order valence-corrected chi connectivity index (χ2v) is 9.34. The van der Waals surface area contributed by atoms with Gasteiger partial charge >= 0.3 is 0 Å². The molecule has 9 heteroatoms. The number of hydrogen-bond acceptors (Lipinski definition) is 5. The molecular weight excluding hydrogens is 453 g/mol. The van der Waals surface area contributed by atoms with E-state index in [-0.39, 0.29) is 36.9 Å². The molecule has 0 saturated carbocycles. The molecule has 0 spiro atoms. The largest absolute Gasteiger partial charge is 0.392 e. The van der Waals surface area contributed by atoms with Gasteiger partial charge in [-0.25, -0.2) is 0 Å². The minimum atomic E-state index is -0.705. The molecule has 1 aromatic rings. The van der Waals surface area contributed by atoms with E-state index in [1.165, 1.54) is 6.08 Å². The van der Waals surface area contributed by atoms with E-state index in [9.17, 15) is 19.8 Å². The van der Waals surface area contributed by atoms with Crippen LogP contribution in [0.25, 0.3) is 6.08 Å². The molecule has 176 valence electrons. The number of carbonyl (C=O) groups excluding carboxylic acids is 2. The summed E-state index contributed by atoms with van der Waals surface area (Å²) in [6.45, 7) is 4.54. The summed E-state index contributed by atoms with van der Waals surface area (Å²) in [5.41, 5.74) is 0.764. The van der Waals surface area contributed by atoms with Crippen molar-refractivity contribution in [3.8, 4) is 0 Å². The highest BCUT2D eigenvalue weighted by atomic mass is 35.5. The first-order valence-electron chi connectivity index (χ1n) is 11.0. The minimum Gasteiger partial charge on any atom is -0.392 e. The highest BCUT2D eigenvalue weighted by Crippen LogP contribution is 2.23. The van der Waals surface area contributed by atoms with E-state index in [1.54, 1.807) is 34.1 Å². The molecule has 0 aliphatic carbocycles. The Bertz CT molecular complexity index is 851. The van der Waals surface area contributed by atoms with Crippen LogP contribution in [0.5, 0.6) is 0 Å². The molecule has 1 unspecified atom stereocenters. The standard InChI is InChI=1S/C23H31Cl2N3O4/c1-16-21(30)3-2-9-27(16)14-18(29)15-28-12-11-26(10-8-23(28)32)22(31)7-5-17-4-6-19(24)20(25)13-17/h4-7,13,16,18,21,29-30H,2-3,8-12,14-15H2,1H3/b7-5+/t16-,18?,21+/m0/s1. The molecular formula is C23H31Cl2N3O4. The van der Waals surface area contributed by atoms with E-state index in [0.717, 1.165) is 24.9 Å². The summed E-state index contributed by atoms with van der Waals surface area (Å²) in [4.78, 5) is 30.5. The van der Waals surface area contributed by atoms with Gasteiger partial charge < -0.3 is 20.0 Å². The van der Waals surface area contributed by atoms with E-state index in [4.69, 9.17) is 23.2 Å². The number of aliphatic hydroxyl groups excluding tert-OH is 2. The number of likely N-dealkylation sites (tertiary alicyclic amines) is 1.